The van der Waals surface area contributed by atoms with Crippen LogP contribution in [0.4, 0.5) is 4.39 Å². The van der Waals surface area contributed by atoms with Crippen LogP contribution in [-0.4, -0.2) is 29.9 Å². The number of nitrogens with zero attached hydrogens (tertiary/aromatic N) is 1. The van der Waals surface area contributed by atoms with Gasteiger partial charge in [0.25, 0.3) is 0 Å². The molecule has 184 valence electrons. The summed E-state index contributed by atoms with van der Waals surface area (Å²) in [4.78, 5) is 27.5. The summed E-state index contributed by atoms with van der Waals surface area (Å²) in [5.41, 5.74) is 1.34. The van der Waals surface area contributed by atoms with Gasteiger partial charge in [-0.2, -0.15) is 0 Å². The molecule has 6 rings (SSSR count). The molecule has 4 nitrogen and oxygen atoms in total. The first-order chi connectivity index (χ1) is 17.5. The van der Waals surface area contributed by atoms with Crippen LogP contribution in [0.15, 0.2) is 84.9 Å². The molecule has 3 aromatic rings. The molecular formula is C31H30FNO3. The number of rotatable bonds is 6. The predicted molar refractivity (Wildman–Crippen MR) is 135 cm³/mol. The van der Waals surface area contributed by atoms with Gasteiger partial charge in [-0.15, -0.1) is 0 Å². The molecule has 3 aromatic carbocycles. The third-order valence-electron chi connectivity index (χ3n) is 8.09. The van der Waals surface area contributed by atoms with Crippen molar-refractivity contribution in [2.24, 2.45) is 11.8 Å². The highest BCUT2D eigenvalue weighted by Gasteiger charge is 2.48. The molecule has 1 heterocycles. The topological polar surface area (TPSA) is 46.6 Å². The molecule has 3 fully saturated rings. The number of esters is 1. The molecular weight excluding hydrogens is 453 g/mol. The fourth-order valence-electron chi connectivity index (χ4n) is 5.70. The maximum absolute atomic E-state index is 16.0. The summed E-state index contributed by atoms with van der Waals surface area (Å²) in [6.45, 7) is 0.802. The summed E-state index contributed by atoms with van der Waals surface area (Å²) in [7, 11) is 0. The van der Waals surface area contributed by atoms with Crippen LogP contribution in [0.2, 0.25) is 0 Å². The van der Waals surface area contributed by atoms with Gasteiger partial charge in [-0.05, 0) is 53.5 Å². The van der Waals surface area contributed by atoms with Gasteiger partial charge in [0.05, 0.1) is 5.92 Å². The van der Waals surface area contributed by atoms with Gasteiger partial charge >= 0.3 is 5.97 Å². The fraction of sp³-hybridized carbons (Fsp3) is 0.355. The molecule has 0 spiro atoms. The molecule has 1 aliphatic heterocycles. The Morgan fingerprint density at radius 2 is 1.36 bits per heavy atom. The van der Waals surface area contributed by atoms with Crippen molar-refractivity contribution in [1.29, 1.82) is 0 Å². The molecule has 0 aromatic heterocycles. The monoisotopic (exact) mass is 483 g/mol. The highest BCUT2D eigenvalue weighted by atomic mass is 19.1. The molecule has 3 aliphatic rings. The SMILES string of the molecule is O=C(Oc1cccc(C2(F)CCN(C(=O)[C@@H]3C[C@H]3c3ccccc3)CC2)c1)[C@@H]1C[C@H]1c1ccccc1. The first-order valence-electron chi connectivity index (χ1n) is 12.9. The molecule has 0 radical (unpaired) electrons. The van der Waals surface area contributed by atoms with Crippen molar-refractivity contribution in [3.8, 4) is 5.75 Å². The van der Waals surface area contributed by atoms with Crippen LogP contribution in [0.25, 0.3) is 0 Å². The van der Waals surface area contributed by atoms with E-state index in [4.69, 9.17) is 4.74 Å². The zero-order valence-electron chi connectivity index (χ0n) is 20.2. The zero-order chi connectivity index (χ0) is 24.7. The van der Waals surface area contributed by atoms with Crippen molar-refractivity contribution >= 4 is 11.9 Å². The van der Waals surface area contributed by atoms with Gasteiger partial charge in [-0.3, -0.25) is 9.59 Å². The molecule has 4 atom stereocenters. The van der Waals surface area contributed by atoms with E-state index in [-0.39, 0.29) is 48.4 Å². The second-order valence-electron chi connectivity index (χ2n) is 10.5. The lowest BCUT2D eigenvalue weighted by molar-refractivity contribution is -0.136. The number of carbonyl (C=O) groups excluding carboxylic acids is 2. The summed E-state index contributed by atoms with van der Waals surface area (Å²) in [5, 5.41) is 0. The molecule has 36 heavy (non-hydrogen) atoms. The number of ether oxygens (including phenoxy) is 1. The molecule has 0 N–H and O–H groups in total. The van der Waals surface area contributed by atoms with Crippen LogP contribution in [0.3, 0.4) is 0 Å². The lowest BCUT2D eigenvalue weighted by atomic mass is 9.86. The number of halogens is 1. The first kappa shape index (κ1) is 23.0. The van der Waals surface area contributed by atoms with Gasteiger partial charge in [0.2, 0.25) is 5.91 Å². The number of piperidine rings is 1. The van der Waals surface area contributed by atoms with Gasteiger partial charge in [0.1, 0.15) is 11.4 Å². The maximum Gasteiger partial charge on any atom is 0.314 e. The predicted octanol–water partition coefficient (Wildman–Crippen LogP) is 5.99. The number of hydrogen-bond donors (Lipinski definition) is 0. The van der Waals surface area contributed by atoms with Crippen LogP contribution >= 0.6 is 0 Å². The third kappa shape index (κ3) is 4.55. The Labute approximate surface area is 211 Å². The summed E-state index contributed by atoms with van der Waals surface area (Å²) in [5.74, 6) is 0.628. The molecule has 1 saturated heterocycles. The van der Waals surface area contributed by atoms with Gasteiger partial charge in [0, 0.05) is 31.8 Å². The van der Waals surface area contributed by atoms with Crippen LogP contribution in [0.5, 0.6) is 5.75 Å². The first-order valence-corrected chi connectivity index (χ1v) is 12.9. The normalized spacial score (nSPS) is 26.2. The number of hydrogen-bond acceptors (Lipinski definition) is 3. The van der Waals surface area contributed by atoms with E-state index in [9.17, 15) is 9.59 Å². The van der Waals surface area contributed by atoms with E-state index in [1.54, 1.807) is 24.3 Å². The maximum atomic E-state index is 16.0. The third-order valence-corrected chi connectivity index (χ3v) is 8.09. The van der Waals surface area contributed by atoms with E-state index in [1.807, 2.05) is 53.4 Å². The van der Waals surface area contributed by atoms with Crippen LogP contribution < -0.4 is 4.74 Å². The van der Waals surface area contributed by atoms with E-state index < -0.39 is 5.67 Å². The van der Waals surface area contributed by atoms with Crippen molar-refractivity contribution in [1.82, 2.24) is 4.90 Å². The van der Waals surface area contributed by atoms with Crippen LogP contribution in [-0.2, 0) is 15.3 Å². The van der Waals surface area contributed by atoms with E-state index in [0.717, 1.165) is 18.4 Å². The molecule has 5 heteroatoms. The fourth-order valence-corrected chi connectivity index (χ4v) is 5.70. The largest absolute Gasteiger partial charge is 0.426 e. The average Bonchev–Trinajstić information content (AvgIpc) is 3.84. The van der Waals surface area contributed by atoms with Crippen molar-refractivity contribution < 1.29 is 18.7 Å². The van der Waals surface area contributed by atoms with Gasteiger partial charge in [-0.25, -0.2) is 4.39 Å². The Morgan fingerprint density at radius 1 is 0.778 bits per heavy atom. The lowest BCUT2D eigenvalue weighted by Gasteiger charge is -2.37. The standard InChI is InChI=1S/C31H30FNO3/c32-31(14-16-33(17-15-31)29(34)27-19-25(27)21-8-3-1-4-9-21)23-12-7-13-24(18-23)36-30(35)28-20-26(28)22-10-5-2-6-11-22/h1-13,18,25-28H,14-17,19-20H2/t25-,26-,27+,28+/m0/s1. The van der Waals surface area contributed by atoms with E-state index in [1.165, 1.54) is 5.56 Å². The van der Waals surface area contributed by atoms with Crippen LogP contribution in [0, 0.1) is 11.8 Å². The minimum absolute atomic E-state index is 0.0180. The van der Waals surface area contributed by atoms with Crippen LogP contribution in [0.1, 0.15) is 54.2 Å². The molecule has 2 aliphatic carbocycles. The molecule has 1 amide bonds. The number of alkyl halides is 1. The minimum atomic E-state index is -1.53. The lowest BCUT2D eigenvalue weighted by Crippen LogP contribution is -2.44. The Kier molecular flexibility index (Phi) is 5.87. The quantitative estimate of drug-likeness (QED) is 0.320. The second kappa shape index (κ2) is 9.20. The van der Waals surface area contributed by atoms with Gasteiger partial charge in [-0.1, -0.05) is 72.8 Å². The smallest absolute Gasteiger partial charge is 0.314 e. The molecule has 2 saturated carbocycles. The Balaban J connectivity index is 1.05. The summed E-state index contributed by atoms with van der Waals surface area (Å²) < 4.78 is 21.6. The highest BCUT2D eigenvalue weighted by Crippen LogP contribution is 2.50. The van der Waals surface area contributed by atoms with E-state index >= 15 is 4.39 Å². The minimum Gasteiger partial charge on any atom is -0.426 e. The highest BCUT2D eigenvalue weighted by molar-refractivity contribution is 5.83. The van der Waals surface area contributed by atoms with Crippen molar-refractivity contribution in [3.63, 3.8) is 0 Å². The number of likely N-dealkylation sites (tertiary alicyclic amines) is 1. The molecule has 0 unspecified atom stereocenters. The molecule has 0 bridgehead atoms. The Morgan fingerprint density at radius 3 is 2.00 bits per heavy atom. The van der Waals surface area contributed by atoms with Crippen molar-refractivity contribution in [3.05, 3.63) is 102 Å². The Hall–Kier alpha value is -3.47. The van der Waals surface area contributed by atoms with Gasteiger partial charge < -0.3 is 9.64 Å². The van der Waals surface area contributed by atoms with Crippen molar-refractivity contribution in [2.75, 3.05) is 13.1 Å². The number of benzene rings is 3. The summed E-state index contributed by atoms with van der Waals surface area (Å²) in [6, 6.07) is 27.0. The Bertz CT molecular complexity index is 1250. The summed E-state index contributed by atoms with van der Waals surface area (Å²) >= 11 is 0. The summed E-state index contributed by atoms with van der Waals surface area (Å²) in [6.07, 6.45) is 2.15. The zero-order valence-corrected chi connectivity index (χ0v) is 20.2. The number of carbonyl (C=O) groups is 2. The van der Waals surface area contributed by atoms with E-state index in [0.29, 0.717) is 24.4 Å². The number of amides is 1. The average molecular weight is 484 g/mol. The van der Waals surface area contributed by atoms with Crippen molar-refractivity contribution in [2.45, 2.75) is 43.2 Å². The van der Waals surface area contributed by atoms with Gasteiger partial charge in [0.15, 0.2) is 0 Å². The van der Waals surface area contributed by atoms with E-state index in [2.05, 4.69) is 12.1 Å². The second-order valence-corrected chi connectivity index (χ2v) is 10.5.